The molecule has 2 atom stereocenters. The number of carbonyl (C=O) groups excluding carboxylic acids is 1. The van der Waals surface area contributed by atoms with E-state index in [0.717, 1.165) is 17.8 Å². The van der Waals surface area contributed by atoms with Gasteiger partial charge < -0.3 is 21.3 Å². The van der Waals surface area contributed by atoms with Crippen LogP contribution < -0.4 is 16.4 Å². The summed E-state index contributed by atoms with van der Waals surface area (Å²) in [5.74, 6) is 0.374. The summed E-state index contributed by atoms with van der Waals surface area (Å²) in [6, 6.07) is 7.54. The second-order valence-corrected chi connectivity index (χ2v) is 6.12. The van der Waals surface area contributed by atoms with Crippen LogP contribution in [0, 0.1) is 5.92 Å². The molecule has 0 saturated heterocycles. The van der Waals surface area contributed by atoms with E-state index >= 15 is 0 Å². The van der Waals surface area contributed by atoms with Crippen LogP contribution in [0.5, 0.6) is 0 Å². The van der Waals surface area contributed by atoms with E-state index < -0.39 is 0 Å². The molecule has 1 aromatic rings. The van der Waals surface area contributed by atoms with Crippen molar-refractivity contribution in [2.24, 2.45) is 11.7 Å². The molecule has 0 aliphatic rings. The molecule has 5 heteroatoms. The van der Waals surface area contributed by atoms with Crippen molar-refractivity contribution in [1.82, 2.24) is 10.2 Å². The highest BCUT2D eigenvalue weighted by Gasteiger charge is 2.16. The number of hydrogen-bond acceptors (Lipinski definition) is 3. The van der Waals surface area contributed by atoms with E-state index in [4.69, 9.17) is 5.73 Å². The molecule has 2 unspecified atom stereocenters. The number of anilines is 1. The number of likely N-dealkylation sites (N-methyl/N-ethyl adjacent to an activating group) is 1. The van der Waals surface area contributed by atoms with Gasteiger partial charge in [-0.2, -0.15) is 0 Å². The van der Waals surface area contributed by atoms with Gasteiger partial charge in [0.05, 0.1) is 0 Å². The van der Waals surface area contributed by atoms with Gasteiger partial charge in [0.1, 0.15) is 0 Å². The Balaban J connectivity index is 2.59. The molecule has 0 spiro atoms. The Morgan fingerprint density at radius 2 is 1.76 bits per heavy atom. The zero-order valence-electron chi connectivity index (χ0n) is 13.7. The minimum Gasteiger partial charge on any atom is -0.334 e. The standard InChI is InChI=1S/C16H28N4O/c1-11(2)15(10-20(4)5)19-16(21)18-14-8-6-13(7-9-14)12(3)17/h6-9,11-12,15H,10,17H2,1-5H3,(H2,18,19,21). The second kappa shape index (κ2) is 8.00. The lowest BCUT2D eigenvalue weighted by atomic mass is 10.0. The largest absolute Gasteiger partial charge is 0.334 e. The van der Waals surface area contributed by atoms with Gasteiger partial charge >= 0.3 is 6.03 Å². The second-order valence-electron chi connectivity index (χ2n) is 6.12. The molecule has 0 aliphatic carbocycles. The molecule has 118 valence electrons. The summed E-state index contributed by atoms with van der Waals surface area (Å²) in [6.07, 6.45) is 0. The van der Waals surface area contributed by atoms with Crippen LogP contribution in [0.15, 0.2) is 24.3 Å². The lowest BCUT2D eigenvalue weighted by Crippen LogP contribution is -2.46. The summed E-state index contributed by atoms with van der Waals surface area (Å²) in [4.78, 5) is 14.1. The topological polar surface area (TPSA) is 70.4 Å². The number of nitrogens with one attached hydrogen (secondary N) is 2. The Labute approximate surface area is 127 Å². The Bertz CT molecular complexity index is 440. The summed E-state index contributed by atoms with van der Waals surface area (Å²) in [5, 5.41) is 5.87. The molecule has 0 fully saturated rings. The van der Waals surface area contributed by atoms with Crippen molar-refractivity contribution in [3.63, 3.8) is 0 Å². The van der Waals surface area contributed by atoms with E-state index in [1.54, 1.807) is 0 Å². The van der Waals surface area contributed by atoms with Crippen LogP contribution in [-0.2, 0) is 0 Å². The van der Waals surface area contributed by atoms with Crippen LogP contribution in [0.4, 0.5) is 10.5 Å². The highest BCUT2D eigenvalue weighted by Crippen LogP contribution is 2.14. The molecule has 1 aromatic carbocycles. The van der Waals surface area contributed by atoms with Gasteiger partial charge in [-0.1, -0.05) is 26.0 Å². The number of urea groups is 1. The molecule has 0 bridgehead atoms. The van der Waals surface area contributed by atoms with Gasteiger partial charge in [0.15, 0.2) is 0 Å². The Hall–Kier alpha value is -1.59. The number of nitrogens with zero attached hydrogens (tertiary/aromatic N) is 1. The molecular formula is C16H28N4O. The fraction of sp³-hybridized carbons (Fsp3) is 0.562. The lowest BCUT2D eigenvalue weighted by Gasteiger charge is -2.25. The van der Waals surface area contributed by atoms with E-state index in [1.165, 1.54) is 0 Å². The fourth-order valence-corrected chi connectivity index (χ4v) is 2.02. The number of carbonyl (C=O) groups is 1. The summed E-state index contributed by atoms with van der Waals surface area (Å²) >= 11 is 0. The monoisotopic (exact) mass is 292 g/mol. The Morgan fingerprint density at radius 3 is 2.19 bits per heavy atom. The third-order valence-electron chi connectivity index (χ3n) is 3.38. The summed E-state index contributed by atoms with van der Waals surface area (Å²) in [7, 11) is 4.00. The van der Waals surface area contributed by atoms with Crippen molar-refractivity contribution in [3.05, 3.63) is 29.8 Å². The molecule has 4 N–H and O–H groups in total. The lowest BCUT2D eigenvalue weighted by molar-refractivity contribution is 0.236. The van der Waals surface area contributed by atoms with Gasteiger partial charge in [-0.15, -0.1) is 0 Å². The fourth-order valence-electron chi connectivity index (χ4n) is 2.02. The Morgan fingerprint density at radius 1 is 1.19 bits per heavy atom. The predicted molar refractivity (Wildman–Crippen MR) is 88.4 cm³/mol. The maximum atomic E-state index is 12.1. The smallest absolute Gasteiger partial charge is 0.319 e. The van der Waals surface area contributed by atoms with E-state index in [2.05, 4.69) is 29.4 Å². The zero-order chi connectivity index (χ0) is 16.0. The molecule has 0 aromatic heterocycles. The first-order valence-electron chi connectivity index (χ1n) is 7.37. The average Bonchev–Trinajstić information content (AvgIpc) is 2.37. The molecule has 0 aliphatic heterocycles. The SMILES string of the molecule is CC(N)c1ccc(NC(=O)NC(CN(C)C)C(C)C)cc1. The van der Waals surface area contributed by atoms with Crippen LogP contribution in [0.25, 0.3) is 0 Å². The van der Waals surface area contributed by atoms with Crippen molar-refractivity contribution in [2.45, 2.75) is 32.9 Å². The Kier molecular flexibility index (Phi) is 6.65. The van der Waals surface area contributed by atoms with Gasteiger partial charge in [0, 0.05) is 24.3 Å². The summed E-state index contributed by atoms with van der Waals surface area (Å²) in [5.41, 5.74) is 7.62. The first-order chi connectivity index (χ1) is 9.79. The molecule has 5 nitrogen and oxygen atoms in total. The first kappa shape index (κ1) is 17.5. The number of rotatable bonds is 6. The van der Waals surface area contributed by atoms with Gasteiger partial charge in [-0.25, -0.2) is 4.79 Å². The van der Waals surface area contributed by atoms with Crippen molar-refractivity contribution < 1.29 is 4.79 Å². The molecule has 1 rings (SSSR count). The van der Waals surface area contributed by atoms with E-state index in [9.17, 15) is 4.79 Å². The minimum absolute atomic E-state index is 0.00158. The maximum absolute atomic E-state index is 12.1. The van der Waals surface area contributed by atoms with Gasteiger partial charge in [-0.3, -0.25) is 0 Å². The minimum atomic E-state index is -0.177. The molecule has 0 radical (unpaired) electrons. The van der Waals surface area contributed by atoms with Gasteiger partial charge in [0.25, 0.3) is 0 Å². The number of amides is 2. The number of benzene rings is 1. The van der Waals surface area contributed by atoms with E-state index in [-0.39, 0.29) is 18.1 Å². The van der Waals surface area contributed by atoms with Crippen molar-refractivity contribution >= 4 is 11.7 Å². The highest BCUT2D eigenvalue weighted by molar-refractivity contribution is 5.89. The maximum Gasteiger partial charge on any atom is 0.319 e. The quantitative estimate of drug-likeness (QED) is 0.754. The predicted octanol–water partition coefficient (Wildman–Crippen LogP) is 2.41. The van der Waals surface area contributed by atoms with Crippen molar-refractivity contribution in [3.8, 4) is 0 Å². The molecule has 0 heterocycles. The highest BCUT2D eigenvalue weighted by atomic mass is 16.2. The van der Waals surface area contributed by atoms with E-state index in [1.807, 2.05) is 45.3 Å². The molecule has 0 saturated carbocycles. The number of nitrogens with two attached hydrogens (primary N) is 1. The van der Waals surface area contributed by atoms with Crippen molar-refractivity contribution in [1.29, 1.82) is 0 Å². The van der Waals surface area contributed by atoms with Gasteiger partial charge in [-0.05, 0) is 44.6 Å². The van der Waals surface area contributed by atoms with Crippen molar-refractivity contribution in [2.75, 3.05) is 26.0 Å². The summed E-state index contributed by atoms with van der Waals surface area (Å²) < 4.78 is 0. The van der Waals surface area contributed by atoms with E-state index in [0.29, 0.717) is 5.92 Å². The van der Waals surface area contributed by atoms with Crippen LogP contribution in [-0.4, -0.2) is 37.6 Å². The zero-order valence-corrected chi connectivity index (χ0v) is 13.7. The number of hydrogen-bond donors (Lipinski definition) is 3. The van der Waals surface area contributed by atoms with Crippen LogP contribution in [0.3, 0.4) is 0 Å². The van der Waals surface area contributed by atoms with Gasteiger partial charge in [0.2, 0.25) is 0 Å². The van der Waals surface area contributed by atoms with Crippen LogP contribution in [0.1, 0.15) is 32.4 Å². The van der Waals surface area contributed by atoms with Crippen LogP contribution >= 0.6 is 0 Å². The molecule has 2 amide bonds. The normalized spacial score (nSPS) is 14.1. The van der Waals surface area contributed by atoms with Crippen LogP contribution in [0.2, 0.25) is 0 Å². The third-order valence-corrected chi connectivity index (χ3v) is 3.38. The molecular weight excluding hydrogens is 264 g/mol. The first-order valence-corrected chi connectivity index (χ1v) is 7.37. The summed E-state index contributed by atoms with van der Waals surface area (Å²) in [6.45, 7) is 6.95. The third kappa shape index (κ3) is 6.14. The molecule has 21 heavy (non-hydrogen) atoms. The average molecular weight is 292 g/mol.